The smallest absolute Gasteiger partial charge is 0.191 e. The van der Waals surface area contributed by atoms with Crippen molar-refractivity contribution < 1.29 is 14.2 Å². The van der Waals surface area contributed by atoms with Gasteiger partial charge < -0.3 is 24.8 Å². The molecular weight excluding hydrogens is 469 g/mol. The summed E-state index contributed by atoms with van der Waals surface area (Å²) in [6, 6.07) is 15.5. The molecule has 1 atom stereocenters. The maximum absolute atomic E-state index is 5.97. The highest BCUT2D eigenvalue weighted by molar-refractivity contribution is 14.0. The van der Waals surface area contributed by atoms with Crippen LogP contribution in [0.3, 0.4) is 0 Å². The maximum atomic E-state index is 5.97. The molecule has 0 radical (unpaired) electrons. The summed E-state index contributed by atoms with van der Waals surface area (Å²) in [6.45, 7) is 5.95. The maximum Gasteiger partial charge on any atom is 0.191 e. The Balaban J connectivity index is 0.00000392. The van der Waals surface area contributed by atoms with Gasteiger partial charge in [-0.05, 0) is 32.0 Å². The van der Waals surface area contributed by atoms with E-state index in [1.54, 1.807) is 14.2 Å². The van der Waals surface area contributed by atoms with Gasteiger partial charge in [0.25, 0.3) is 0 Å². The number of hydrogen-bond donors (Lipinski definition) is 2. The zero-order valence-electron chi connectivity index (χ0n) is 16.9. The van der Waals surface area contributed by atoms with Gasteiger partial charge in [0.2, 0.25) is 0 Å². The highest BCUT2D eigenvalue weighted by Gasteiger charge is 2.09. The molecule has 0 aliphatic carbocycles. The van der Waals surface area contributed by atoms with E-state index in [2.05, 4.69) is 15.6 Å². The number of benzene rings is 2. The summed E-state index contributed by atoms with van der Waals surface area (Å²) in [5.74, 6) is 3.02. The van der Waals surface area contributed by atoms with Gasteiger partial charge >= 0.3 is 0 Å². The average molecular weight is 499 g/mol. The third-order valence-electron chi connectivity index (χ3n) is 3.90. The molecule has 0 aliphatic heterocycles. The molecule has 0 amide bonds. The molecule has 0 aliphatic rings. The number of halogens is 1. The van der Waals surface area contributed by atoms with Crippen LogP contribution >= 0.6 is 24.0 Å². The lowest BCUT2D eigenvalue weighted by molar-refractivity contribution is 0.213. The first-order valence-electron chi connectivity index (χ1n) is 9.11. The molecule has 2 aromatic carbocycles. The van der Waals surface area contributed by atoms with Gasteiger partial charge in [-0.25, -0.2) is 4.99 Å². The highest BCUT2D eigenvalue weighted by Crippen LogP contribution is 2.26. The molecule has 0 saturated carbocycles. The van der Waals surface area contributed by atoms with Crippen LogP contribution < -0.4 is 24.8 Å². The Morgan fingerprint density at radius 2 is 1.54 bits per heavy atom. The van der Waals surface area contributed by atoms with E-state index in [0.29, 0.717) is 13.1 Å². The highest BCUT2D eigenvalue weighted by atomic mass is 127. The molecule has 1 unspecified atom stereocenters. The van der Waals surface area contributed by atoms with Crippen molar-refractivity contribution in [1.82, 2.24) is 10.6 Å². The molecule has 7 heteroatoms. The molecule has 0 bridgehead atoms. The van der Waals surface area contributed by atoms with E-state index < -0.39 is 0 Å². The van der Waals surface area contributed by atoms with Gasteiger partial charge in [-0.2, -0.15) is 0 Å². The van der Waals surface area contributed by atoms with Crippen LogP contribution in [0.1, 0.15) is 19.4 Å². The molecule has 28 heavy (non-hydrogen) atoms. The number of ether oxygens (including phenoxy) is 3. The van der Waals surface area contributed by atoms with Crippen LogP contribution in [-0.2, 0) is 6.54 Å². The van der Waals surface area contributed by atoms with Crippen LogP contribution in [0, 0.1) is 0 Å². The molecule has 2 rings (SSSR count). The van der Waals surface area contributed by atoms with Crippen molar-refractivity contribution in [2.75, 3.05) is 27.3 Å². The van der Waals surface area contributed by atoms with Gasteiger partial charge in [-0.1, -0.05) is 30.3 Å². The second-order valence-corrected chi connectivity index (χ2v) is 5.97. The van der Waals surface area contributed by atoms with E-state index in [1.165, 1.54) is 0 Å². The van der Waals surface area contributed by atoms with Crippen molar-refractivity contribution in [1.29, 1.82) is 0 Å². The molecule has 0 fully saturated rings. The third kappa shape index (κ3) is 7.46. The predicted molar refractivity (Wildman–Crippen MR) is 124 cm³/mol. The summed E-state index contributed by atoms with van der Waals surface area (Å²) in [6.07, 6.45) is -0.0589. The fourth-order valence-electron chi connectivity index (χ4n) is 2.55. The number of nitrogens with one attached hydrogen (secondary N) is 2. The van der Waals surface area contributed by atoms with Gasteiger partial charge in [0, 0.05) is 12.1 Å². The molecule has 154 valence electrons. The first kappa shape index (κ1) is 23.9. The Kier molecular flexibility index (Phi) is 11.2. The van der Waals surface area contributed by atoms with Crippen LogP contribution in [0.4, 0.5) is 0 Å². The van der Waals surface area contributed by atoms with Crippen molar-refractivity contribution in [2.45, 2.75) is 26.5 Å². The Bertz CT molecular complexity index is 740. The first-order valence-corrected chi connectivity index (χ1v) is 9.11. The number of aliphatic imine (C=N–C) groups is 1. The Morgan fingerprint density at radius 3 is 2.18 bits per heavy atom. The van der Waals surface area contributed by atoms with E-state index in [1.807, 2.05) is 62.4 Å². The quantitative estimate of drug-likeness (QED) is 0.312. The van der Waals surface area contributed by atoms with Crippen molar-refractivity contribution in [3.05, 3.63) is 54.1 Å². The van der Waals surface area contributed by atoms with E-state index in [4.69, 9.17) is 14.2 Å². The Hall–Kier alpha value is -2.16. The first-order chi connectivity index (χ1) is 13.2. The minimum absolute atomic E-state index is 0. The molecule has 0 spiro atoms. The number of rotatable bonds is 9. The van der Waals surface area contributed by atoms with Crippen molar-refractivity contribution in [3.63, 3.8) is 0 Å². The predicted octanol–water partition coefficient (Wildman–Crippen LogP) is 3.84. The number of para-hydroxylation sites is 3. The van der Waals surface area contributed by atoms with Gasteiger partial charge in [-0.15, -0.1) is 24.0 Å². The minimum Gasteiger partial charge on any atom is -0.496 e. The average Bonchev–Trinajstić information content (AvgIpc) is 2.70. The van der Waals surface area contributed by atoms with Gasteiger partial charge in [0.15, 0.2) is 17.5 Å². The Labute approximate surface area is 184 Å². The molecular formula is C21H30IN3O3. The number of hydrogen-bond acceptors (Lipinski definition) is 4. The minimum atomic E-state index is -0.0589. The van der Waals surface area contributed by atoms with Crippen molar-refractivity contribution in [2.24, 2.45) is 4.99 Å². The normalized spacial score (nSPS) is 11.8. The Morgan fingerprint density at radius 1 is 0.929 bits per heavy atom. The monoisotopic (exact) mass is 499 g/mol. The fraction of sp³-hybridized carbons (Fsp3) is 0.381. The summed E-state index contributed by atoms with van der Waals surface area (Å²) in [4.78, 5) is 4.64. The molecule has 2 N–H and O–H groups in total. The van der Waals surface area contributed by atoms with E-state index in [9.17, 15) is 0 Å². The van der Waals surface area contributed by atoms with E-state index in [-0.39, 0.29) is 30.1 Å². The molecule has 2 aromatic rings. The van der Waals surface area contributed by atoms with Gasteiger partial charge in [-0.3, -0.25) is 0 Å². The lowest BCUT2D eigenvalue weighted by Crippen LogP contribution is -2.41. The van der Waals surface area contributed by atoms with Crippen LogP contribution in [0.5, 0.6) is 17.2 Å². The van der Waals surface area contributed by atoms with E-state index in [0.717, 1.165) is 35.3 Å². The van der Waals surface area contributed by atoms with Crippen LogP contribution in [0.2, 0.25) is 0 Å². The molecule has 0 heterocycles. The standard InChI is InChI=1S/C21H29N3O3.HI/c1-5-22-21(24-15-17-10-6-7-11-18(17)25-3)23-14-16(2)27-20-13-9-8-12-19(20)26-4;/h6-13,16H,5,14-15H2,1-4H3,(H2,22,23,24);1H. The SMILES string of the molecule is CCNC(=NCc1ccccc1OC)NCC(C)Oc1ccccc1OC.I. The van der Waals surface area contributed by atoms with Gasteiger partial charge in [0.05, 0.1) is 27.3 Å². The second kappa shape index (κ2) is 13.1. The van der Waals surface area contributed by atoms with Gasteiger partial charge in [0.1, 0.15) is 11.9 Å². The second-order valence-electron chi connectivity index (χ2n) is 5.97. The number of nitrogens with zero attached hydrogens (tertiary/aromatic N) is 1. The van der Waals surface area contributed by atoms with Crippen LogP contribution in [-0.4, -0.2) is 39.4 Å². The molecule has 0 aromatic heterocycles. The van der Waals surface area contributed by atoms with Crippen LogP contribution in [0.25, 0.3) is 0 Å². The molecule has 6 nitrogen and oxygen atoms in total. The fourth-order valence-corrected chi connectivity index (χ4v) is 2.55. The van der Waals surface area contributed by atoms with Crippen molar-refractivity contribution >= 4 is 29.9 Å². The topological polar surface area (TPSA) is 64.1 Å². The largest absolute Gasteiger partial charge is 0.496 e. The summed E-state index contributed by atoms with van der Waals surface area (Å²) in [7, 11) is 3.31. The zero-order valence-corrected chi connectivity index (χ0v) is 19.2. The van der Waals surface area contributed by atoms with Crippen LogP contribution in [0.15, 0.2) is 53.5 Å². The summed E-state index contributed by atoms with van der Waals surface area (Å²) in [5, 5.41) is 6.57. The van der Waals surface area contributed by atoms with Crippen molar-refractivity contribution in [3.8, 4) is 17.2 Å². The molecule has 0 saturated heterocycles. The summed E-state index contributed by atoms with van der Waals surface area (Å²) in [5.41, 5.74) is 1.04. The lowest BCUT2D eigenvalue weighted by atomic mass is 10.2. The third-order valence-corrected chi connectivity index (χ3v) is 3.90. The van der Waals surface area contributed by atoms with E-state index >= 15 is 0 Å². The summed E-state index contributed by atoms with van der Waals surface area (Å²) >= 11 is 0. The lowest BCUT2D eigenvalue weighted by Gasteiger charge is -2.19. The summed E-state index contributed by atoms with van der Waals surface area (Å²) < 4.78 is 16.7. The number of methoxy groups -OCH3 is 2. The zero-order chi connectivity index (χ0) is 19.5. The number of guanidine groups is 1.